The normalized spacial score (nSPS) is 11.6. The number of rotatable bonds is 8. The fraction of sp³-hybridized carbons (Fsp3) is 0.316. The smallest absolute Gasteiger partial charge is 0.416 e. The molecule has 172 valence electrons. The molecule has 0 saturated heterocycles. The second kappa shape index (κ2) is 11.2. The Hall–Kier alpha value is -3.53. The molecule has 0 saturated carbocycles. The van der Waals surface area contributed by atoms with Crippen molar-refractivity contribution in [1.29, 1.82) is 5.26 Å². The second-order valence-electron chi connectivity index (χ2n) is 6.12. The van der Waals surface area contributed by atoms with Crippen molar-refractivity contribution in [2.45, 2.75) is 37.5 Å². The Labute approximate surface area is 186 Å². The second-order valence-corrected chi connectivity index (χ2v) is 6.92. The van der Waals surface area contributed by atoms with E-state index in [1.54, 1.807) is 6.26 Å². The van der Waals surface area contributed by atoms with Gasteiger partial charge in [-0.25, -0.2) is 4.98 Å². The van der Waals surface area contributed by atoms with Crippen LogP contribution in [0.2, 0.25) is 0 Å². The third-order valence-electron chi connectivity index (χ3n) is 3.93. The fourth-order valence-electron chi connectivity index (χ4n) is 2.51. The topological polar surface area (TPSA) is 154 Å². The number of nitrogens with two attached hydrogens (primary N) is 1. The van der Waals surface area contributed by atoms with E-state index in [1.165, 1.54) is 6.07 Å². The van der Waals surface area contributed by atoms with Crippen LogP contribution >= 0.6 is 11.8 Å². The van der Waals surface area contributed by atoms with Crippen LogP contribution < -0.4 is 16.4 Å². The van der Waals surface area contributed by atoms with Gasteiger partial charge in [-0.15, -0.1) is 11.8 Å². The van der Waals surface area contributed by atoms with E-state index in [4.69, 9.17) is 10.8 Å². The van der Waals surface area contributed by atoms with Gasteiger partial charge in [0.05, 0.1) is 5.56 Å². The van der Waals surface area contributed by atoms with Crippen LogP contribution in [0.5, 0.6) is 0 Å². The molecule has 0 aliphatic heterocycles. The number of amides is 1. The Morgan fingerprint density at radius 1 is 1.34 bits per heavy atom. The fourth-order valence-corrected chi connectivity index (χ4v) is 3.05. The number of carbonyl (C=O) groups is 2. The number of nitrogen functional groups attached to an aromatic ring is 1. The van der Waals surface area contributed by atoms with Crippen molar-refractivity contribution >= 4 is 41.1 Å². The van der Waals surface area contributed by atoms with Crippen LogP contribution in [-0.4, -0.2) is 39.2 Å². The molecule has 1 amide bonds. The summed E-state index contributed by atoms with van der Waals surface area (Å²) in [4.78, 5) is 31.5. The minimum atomic E-state index is -4.60. The van der Waals surface area contributed by atoms with Gasteiger partial charge in [0.15, 0.2) is 5.82 Å². The van der Waals surface area contributed by atoms with Crippen molar-refractivity contribution in [3.8, 4) is 6.07 Å². The minimum absolute atomic E-state index is 0. The highest BCUT2D eigenvalue weighted by Crippen LogP contribution is 2.31. The highest BCUT2D eigenvalue weighted by atomic mass is 32.2. The zero-order valence-corrected chi connectivity index (χ0v) is 16.8. The summed E-state index contributed by atoms with van der Waals surface area (Å²) in [6.07, 6.45) is -3.61. The van der Waals surface area contributed by atoms with Crippen molar-refractivity contribution in [3.05, 3.63) is 35.4 Å². The highest BCUT2D eigenvalue weighted by molar-refractivity contribution is 7.98. The summed E-state index contributed by atoms with van der Waals surface area (Å²) in [5.74, 6) is -2.27. The number of halogens is 3. The first-order valence-electron chi connectivity index (χ1n) is 8.63. The molecule has 1 aromatic heterocycles. The van der Waals surface area contributed by atoms with Gasteiger partial charge in [-0.05, 0) is 30.9 Å². The number of carboxylic acids is 1. The maximum Gasteiger partial charge on any atom is 0.416 e. The van der Waals surface area contributed by atoms with E-state index < -0.39 is 36.1 Å². The Bertz CT molecular complexity index is 1030. The van der Waals surface area contributed by atoms with Gasteiger partial charge in [-0.3, -0.25) is 9.59 Å². The van der Waals surface area contributed by atoms with Crippen molar-refractivity contribution < 1.29 is 27.9 Å². The Kier molecular flexibility index (Phi) is 9.27. The minimum Gasteiger partial charge on any atom is -0.481 e. The number of hydrogen-bond donors (Lipinski definition) is 4. The van der Waals surface area contributed by atoms with Gasteiger partial charge in [0.1, 0.15) is 22.7 Å². The van der Waals surface area contributed by atoms with Crippen molar-refractivity contribution in [2.24, 2.45) is 0 Å². The third kappa shape index (κ3) is 7.02. The average Bonchev–Trinajstić information content (AvgIpc) is 2.69. The van der Waals surface area contributed by atoms with E-state index in [-0.39, 0.29) is 41.9 Å². The molecule has 0 spiro atoms. The Balaban J connectivity index is 0.00000512. The highest BCUT2D eigenvalue weighted by Gasteiger charge is 2.31. The molecule has 5 N–H and O–H groups in total. The van der Waals surface area contributed by atoms with Crippen molar-refractivity contribution in [3.63, 3.8) is 0 Å². The van der Waals surface area contributed by atoms with Crippen LogP contribution in [0.3, 0.4) is 0 Å². The van der Waals surface area contributed by atoms with E-state index in [1.807, 2.05) is 6.07 Å². The predicted octanol–water partition coefficient (Wildman–Crippen LogP) is 3.59. The molecule has 9 nitrogen and oxygen atoms in total. The number of alkyl halides is 3. The first kappa shape index (κ1) is 26.5. The lowest BCUT2D eigenvalue weighted by molar-refractivity contribution is -0.138. The molecule has 2 rings (SSSR count). The largest absolute Gasteiger partial charge is 0.481 e. The monoisotopic (exact) mass is 470 g/mol. The molecule has 1 aromatic carbocycles. The van der Waals surface area contributed by atoms with E-state index in [0.717, 1.165) is 30.0 Å². The summed E-state index contributed by atoms with van der Waals surface area (Å²) >= 11 is 1.11. The summed E-state index contributed by atoms with van der Waals surface area (Å²) in [5.41, 5.74) is 4.53. The molecule has 0 aliphatic carbocycles. The van der Waals surface area contributed by atoms with Gasteiger partial charge in [0, 0.05) is 12.1 Å². The number of benzene rings is 1. The lowest BCUT2D eigenvalue weighted by Gasteiger charge is -2.20. The Morgan fingerprint density at radius 2 is 2.03 bits per heavy atom. The Morgan fingerprint density at radius 3 is 2.59 bits per heavy atom. The van der Waals surface area contributed by atoms with Crippen LogP contribution in [-0.2, 0) is 15.8 Å². The van der Waals surface area contributed by atoms with E-state index >= 15 is 0 Å². The molecular formula is C19H21F3N6O3S. The van der Waals surface area contributed by atoms with Crippen LogP contribution in [0.1, 0.15) is 31.4 Å². The van der Waals surface area contributed by atoms with Crippen LogP contribution in [0.4, 0.5) is 30.6 Å². The zero-order valence-electron chi connectivity index (χ0n) is 16.0. The number of thioether (sulfide) groups is 1. The molecule has 0 unspecified atom stereocenters. The molecule has 0 fully saturated rings. The SMILES string of the molecule is C.CSc1nc(N)nc(N[C@@H](CCC(=O)O)C(=O)Nc2cccc(C(F)(F)F)c2)c1C#N. The van der Waals surface area contributed by atoms with Crippen LogP contribution in [0.25, 0.3) is 0 Å². The number of aromatic nitrogens is 2. The molecule has 0 bridgehead atoms. The predicted molar refractivity (Wildman–Crippen MR) is 114 cm³/mol. The summed E-state index contributed by atoms with van der Waals surface area (Å²) < 4.78 is 38.7. The maximum atomic E-state index is 12.9. The van der Waals surface area contributed by atoms with Crippen LogP contribution in [0, 0.1) is 11.3 Å². The number of nitrogens with zero attached hydrogens (tertiary/aromatic N) is 3. The summed E-state index contributed by atoms with van der Waals surface area (Å²) in [6, 6.07) is 4.64. The molecular weight excluding hydrogens is 449 g/mol. The number of nitriles is 1. The first-order valence-corrected chi connectivity index (χ1v) is 9.85. The van der Waals surface area contributed by atoms with E-state index in [0.29, 0.717) is 0 Å². The summed E-state index contributed by atoms with van der Waals surface area (Å²) in [6.45, 7) is 0. The number of carbonyl (C=O) groups excluding carboxylic acids is 1. The summed E-state index contributed by atoms with van der Waals surface area (Å²) in [5, 5.41) is 23.6. The van der Waals surface area contributed by atoms with E-state index in [9.17, 15) is 28.0 Å². The summed E-state index contributed by atoms with van der Waals surface area (Å²) in [7, 11) is 0. The molecule has 13 heteroatoms. The van der Waals surface area contributed by atoms with Gasteiger partial charge in [0.25, 0.3) is 0 Å². The lowest BCUT2D eigenvalue weighted by atomic mass is 10.1. The number of anilines is 3. The van der Waals surface area contributed by atoms with Gasteiger partial charge in [-0.2, -0.15) is 23.4 Å². The quantitative estimate of drug-likeness (QED) is 0.335. The third-order valence-corrected chi connectivity index (χ3v) is 4.61. The average molecular weight is 470 g/mol. The number of aliphatic carboxylic acids is 1. The molecule has 32 heavy (non-hydrogen) atoms. The van der Waals surface area contributed by atoms with E-state index in [2.05, 4.69) is 20.6 Å². The molecule has 1 heterocycles. The zero-order chi connectivity index (χ0) is 23.2. The number of nitrogens with one attached hydrogen (secondary N) is 2. The maximum absolute atomic E-state index is 12.9. The first-order chi connectivity index (χ1) is 14.5. The van der Waals surface area contributed by atoms with Gasteiger partial charge >= 0.3 is 12.1 Å². The molecule has 2 aromatic rings. The molecule has 0 aliphatic rings. The van der Waals surface area contributed by atoms with Gasteiger partial charge in [0.2, 0.25) is 11.9 Å². The van der Waals surface area contributed by atoms with Crippen molar-refractivity contribution in [1.82, 2.24) is 9.97 Å². The van der Waals surface area contributed by atoms with Gasteiger partial charge in [-0.1, -0.05) is 13.5 Å². The number of hydrogen-bond acceptors (Lipinski definition) is 8. The van der Waals surface area contributed by atoms with Crippen LogP contribution in [0.15, 0.2) is 29.3 Å². The lowest BCUT2D eigenvalue weighted by Crippen LogP contribution is -2.36. The van der Waals surface area contributed by atoms with Gasteiger partial charge < -0.3 is 21.5 Å². The van der Waals surface area contributed by atoms with Crippen molar-refractivity contribution in [2.75, 3.05) is 22.6 Å². The number of carboxylic acid groups (broad SMARTS) is 1. The molecule has 1 atom stereocenters. The molecule has 0 radical (unpaired) electrons. The standard InChI is InChI=1S/C18H17F3N6O3S.CH4/c1-31-16-11(8-22)14(26-17(23)27-16)25-12(5-6-13(28)29)15(30)24-10-4-2-3-9(7-10)18(19,20)21;/h2-4,7,12H,5-6H2,1H3,(H,24,30)(H,28,29)(H3,23,25,26,27);1H4/t12-;/m0./s1.